The summed E-state index contributed by atoms with van der Waals surface area (Å²) < 4.78 is 0. The number of carbonyl (C=O) groups excluding carboxylic acids is 3. The Balaban J connectivity index is 2.62. The van der Waals surface area contributed by atoms with Crippen molar-refractivity contribution in [3.05, 3.63) is 0 Å². The Morgan fingerprint density at radius 3 is 2.29 bits per heavy atom. The van der Waals surface area contributed by atoms with Gasteiger partial charge in [-0.15, -0.1) is 0 Å². The third-order valence-corrected chi connectivity index (χ3v) is 3.04. The summed E-state index contributed by atoms with van der Waals surface area (Å²) in [7, 11) is 0. The Morgan fingerprint density at radius 2 is 1.82 bits per heavy atom. The van der Waals surface area contributed by atoms with Gasteiger partial charge in [0.2, 0.25) is 5.91 Å². The molecule has 1 rings (SSSR count). The molecule has 1 N–H and O–H groups in total. The number of ketones is 2. The maximum absolute atomic E-state index is 11.8. The first-order valence-electron chi connectivity index (χ1n) is 6.20. The van der Waals surface area contributed by atoms with Crippen molar-refractivity contribution >= 4 is 17.5 Å². The lowest BCUT2D eigenvalue weighted by atomic mass is 9.71. The topological polar surface area (TPSA) is 63.2 Å². The molecule has 0 aromatic carbocycles. The quantitative estimate of drug-likeness (QED) is 0.597. The lowest BCUT2D eigenvalue weighted by Crippen LogP contribution is -2.46. The van der Waals surface area contributed by atoms with Gasteiger partial charge < -0.3 is 5.32 Å². The molecule has 0 aliphatic heterocycles. The second-order valence-electron chi connectivity index (χ2n) is 5.53. The van der Waals surface area contributed by atoms with Gasteiger partial charge in [0.1, 0.15) is 0 Å². The van der Waals surface area contributed by atoms with Crippen molar-refractivity contribution in [3.8, 4) is 0 Å². The van der Waals surface area contributed by atoms with Crippen LogP contribution in [0.2, 0.25) is 0 Å². The molecule has 1 aliphatic carbocycles. The third-order valence-electron chi connectivity index (χ3n) is 3.04. The average molecular weight is 239 g/mol. The molecular weight excluding hydrogens is 218 g/mol. The van der Waals surface area contributed by atoms with Crippen LogP contribution in [0.3, 0.4) is 0 Å². The highest BCUT2D eigenvalue weighted by atomic mass is 16.2. The van der Waals surface area contributed by atoms with Gasteiger partial charge in [0.05, 0.1) is 0 Å². The van der Waals surface area contributed by atoms with E-state index in [1.54, 1.807) is 0 Å². The Labute approximate surface area is 102 Å². The van der Waals surface area contributed by atoms with Gasteiger partial charge in [-0.3, -0.25) is 14.4 Å². The third kappa shape index (κ3) is 3.65. The van der Waals surface area contributed by atoms with Gasteiger partial charge in [-0.25, -0.2) is 0 Å². The number of unbranched alkanes of at least 4 members (excludes halogenated alkanes) is 1. The fourth-order valence-electron chi connectivity index (χ4n) is 2.17. The molecule has 0 saturated heterocycles. The Morgan fingerprint density at radius 1 is 1.29 bits per heavy atom. The van der Waals surface area contributed by atoms with E-state index in [1.165, 1.54) is 0 Å². The summed E-state index contributed by atoms with van der Waals surface area (Å²) in [5, 5.41) is 2.66. The minimum absolute atomic E-state index is 0.236. The van der Waals surface area contributed by atoms with Crippen LogP contribution in [0.5, 0.6) is 0 Å². The van der Waals surface area contributed by atoms with Crippen molar-refractivity contribution in [2.75, 3.05) is 6.54 Å². The van der Waals surface area contributed by atoms with Crippen molar-refractivity contribution in [2.24, 2.45) is 11.3 Å². The van der Waals surface area contributed by atoms with Crippen molar-refractivity contribution in [2.45, 2.75) is 46.5 Å². The highest BCUT2D eigenvalue weighted by Crippen LogP contribution is 2.33. The van der Waals surface area contributed by atoms with Gasteiger partial charge in [0.15, 0.2) is 17.5 Å². The molecule has 0 unspecified atom stereocenters. The molecule has 1 fully saturated rings. The van der Waals surface area contributed by atoms with E-state index in [2.05, 4.69) is 5.32 Å². The van der Waals surface area contributed by atoms with E-state index in [1.807, 2.05) is 20.8 Å². The molecule has 0 bridgehead atoms. The molecule has 0 spiro atoms. The van der Waals surface area contributed by atoms with Gasteiger partial charge in [-0.05, 0) is 11.8 Å². The average Bonchev–Trinajstić information content (AvgIpc) is 2.14. The smallest absolute Gasteiger partial charge is 0.238 e. The van der Waals surface area contributed by atoms with E-state index in [-0.39, 0.29) is 17.0 Å². The van der Waals surface area contributed by atoms with Gasteiger partial charge in [-0.1, -0.05) is 27.2 Å². The lowest BCUT2D eigenvalue weighted by molar-refractivity contribution is -0.145. The van der Waals surface area contributed by atoms with Crippen LogP contribution in [0.25, 0.3) is 0 Å². The van der Waals surface area contributed by atoms with Crippen molar-refractivity contribution in [3.63, 3.8) is 0 Å². The number of hydrogen-bond acceptors (Lipinski definition) is 3. The molecule has 0 aromatic rings. The van der Waals surface area contributed by atoms with E-state index >= 15 is 0 Å². The fraction of sp³-hybridized carbons (Fsp3) is 0.769. The normalized spacial score (nSPS) is 20.4. The van der Waals surface area contributed by atoms with Crippen molar-refractivity contribution in [1.82, 2.24) is 5.32 Å². The van der Waals surface area contributed by atoms with Crippen LogP contribution >= 0.6 is 0 Å². The molecule has 0 radical (unpaired) electrons. The van der Waals surface area contributed by atoms with Crippen molar-refractivity contribution in [1.29, 1.82) is 0 Å². The standard InChI is InChI=1S/C13H21NO3/c1-4-5-6-14-12(17)11-9(15)7-13(2,3)8-10(11)16/h11H,4-8H2,1-3H3,(H,14,17). The largest absolute Gasteiger partial charge is 0.355 e. The molecule has 96 valence electrons. The van der Waals surface area contributed by atoms with Crippen LogP contribution in [0.1, 0.15) is 46.5 Å². The first-order chi connectivity index (χ1) is 7.87. The Bertz CT molecular complexity index is 314. The predicted molar refractivity (Wildman–Crippen MR) is 64.4 cm³/mol. The number of Topliss-reactive ketones (excluding diaryl/α,β-unsaturated/α-hetero) is 2. The summed E-state index contributed by atoms with van der Waals surface area (Å²) in [5.74, 6) is -1.94. The van der Waals surface area contributed by atoms with Crippen molar-refractivity contribution < 1.29 is 14.4 Å². The summed E-state index contributed by atoms with van der Waals surface area (Å²) >= 11 is 0. The highest BCUT2D eigenvalue weighted by molar-refractivity contribution is 6.20. The lowest BCUT2D eigenvalue weighted by Gasteiger charge is -2.31. The number of carbonyl (C=O) groups is 3. The molecule has 4 heteroatoms. The van der Waals surface area contributed by atoms with Gasteiger partial charge in [0, 0.05) is 19.4 Å². The van der Waals surface area contributed by atoms with E-state index in [0.717, 1.165) is 12.8 Å². The molecule has 1 amide bonds. The zero-order valence-electron chi connectivity index (χ0n) is 10.8. The molecule has 1 aliphatic rings. The molecule has 0 aromatic heterocycles. The summed E-state index contributed by atoms with van der Waals surface area (Å²) in [6, 6.07) is 0. The van der Waals surface area contributed by atoms with Gasteiger partial charge in [0.25, 0.3) is 0 Å². The van der Waals surface area contributed by atoms with Crippen LogP contribution in [-0.2, 0) is 14.4 Å². The Hall–Kier alpha value is -1.19. The number of hydrogen-bond donors (Lipinski definition) is 1. The summed E-state index contributed by atoms with van der Waals surface area (Å²) in [5.41, 5.74) is -0.297. The zero-order valence-corrected chi connectivity index (χ0v) is 10.8. The molecule has 1 saturated carbocycles. The minimum Gasteiger partial charge on any atom is -0.355 e. The Kier molecular flexibility index (Phi) is 4.43. The van der Waals surface area contributed by atoms with Gasteiger partial charge >= 0.3 is 0 Å². The minimum atomic E-state index is -1.06. The molecular formula is C13H21NO3. The van der Waals surface area contributed by atoms with E-state index < -0.39 is 11.8 Å². The molecule has 0 heterocycles. The molecule has 17 heavy (non-hydrogen) atoms. The monoisotopic (exact) mass is 239 g/mol. The van der Waals surface area contributed by atoms with Crippen LogP contribution in [-0.4, -0.2) is 24.0 Å². The SMILES string of the molecule is CCCCNC(=O)C1C(=O)CC(C)(C)CC1=O. The number of amides is 1. The van der Waals surface area contributed by atoms with Crippen LogP contribution in [0, 0.1) is 11.3 Å². The maximum atomic E-state index is 11.8. The second kappa shape index (κ2) is 5.43. The second-order valence-corrected chi connectivity index (χ2v) is 5.53. The number of nitrogens with one attached hydrogen (secondary N) is 1. The number of rotatable bonds is 4. The highest BCUT2D eigenvalue weighted by Gasteiger charge is 2.43. The van der Waals surface area contributed by atoms with E-state index in [0.29, 0.717) is 19.4 Å². The van der Waals surface area contributed by atoms with Crippen LogP contribution in [0.15, 0.2) is 0 Å². The van der Waals surface area contributed by atoms with Gasteiger partial charge in [-0.2, -0.15) is 0 Å². The maximum Gasteiger partial charge on any atom is 0.238 e. The fourth-order valence-corrected chi connectivity index (χ4v) is 2.17. The first kappa shape index (κ1) is 13.9. The summed E-state index contributed by atoms with van der Waals surface area (Å²) in [6.45, 7) is 6.32. The summed E-state index contributed by atoms with van der Waals surface area (Å²) in [6.07, 6.45) is 2.46. The van der Waals surface area contributed by atoms with Crippen LogP contribution < -0.4 is 5.32 Å². The summed E-state index contributed by atoms with van der Waals surface area (Å²) in [4.78, 5) is 35.4. The predicted octanol–water partition coefficient (Wildman–Crippen LogP) is 1.48. The van der Waals surface area contributed by atoms with Crippen LogP contribution in [0.4, 0.5) is 0 Å². The molecule has 0 atom stereocenters. The zero-order chi connectivity index (χ0) is 13.1. The van der Waals surface area contributed by atoms with E-state index in [9.17, 15) is 14.4 Å². The van der Waals surface area contributed by atoms with E-state index in [4.69, 9.17) is 0 Å². The first-order valence-corrected chi connectivity index (χ1v) is 6.20. The molecule has 4 nitrogen and oxygen atoms in total.